The summed E-state index contributed by atoms with van der Waals surface area (Å²) in [4.78, 5) is 20.0. The number of aromatic nitrogens is 1. The van der Waals surface area contributed by atoms with Gasteiger partial charge in [0.2, 0.25) is 5.91 Å². The number of ether oxygens (including phenoxy) is 1. The fraction of sp³-hybridized carbons (Fsp3) is 0.739. The van der Waals surface area contributed by atoms with Crippen LogP contribution in [0, 0.1) is 11.3 Å². The Morgan fingerprint density at radius 1 is 1.34 bits per heavy atom. The molecule has 178 valence electrons. The number of amides is 1. The number of hydrogen-bond donors (Lipinski definition) is 2. The van der Waals surface area contributed by atoms with E-state index in [4.69, 9.17) is 4.74 Å². The summed E-state index contributed by atoms with van der Waals surface area (Å²) in [5.41, 5.74) is -0.966. The van der Waals surface area contributed by atoms with Gasteiger partial charge < -0.3 is 20.3 Å². The SMILES string of the molecule is CC(C)C1(C(=O)N2CCNCC2c2cc(C(F)(F)F)ccn2)CC[C@@H](N[C@H]2CCOC2)C1. The van der Waals surface area contributed by atoms with E-state index in [1.165, 1.54) is 6.20 Å². The molecule has 0 radical (unpaired) electrons. The molecular formula is C23H33F3N4O2. The Morgan fingerprint density at radius 2 is 2.16 bits per heavy atom. The maximum Gasteiger partial charge on any atom is 0.416 e. The topological polar surface area (TPSA) is 66.5 Å². The lowest BCUT2D eigenvalue weighted by atomic mass is 9.73. The van der Waals surface area contributed by atoms with Crippen LogP contribution in [-0.2, 0) is 15.7 Å². The van der Waals surface area contributed by atoms with Crippen LogP contribution >= 0.6 is 0 Å². The van der Waals surface area contributed by atoms with Crippen LogP contribution in [0.3, 0.4) is 0 Å². The third-order valence-corrected chi connectivity index (χ3v) is 7.44. The van der Waals surface area contributed by atoms with Crippen LogP contribution in [0.25, 0.3) is 0 Å². The smallest absolute Gasteiger partial charge is 0.380 e. The molecule has 0 spiro atoms. The van der Waals surface area contributed by atoms with Crippen LogP contribution in [-0.4, -0.2) is 60.7 Å². The van der Waals surface area contributed by atoms with Crippen molar-refractivity contribution < 1.29 is 22.7 Å². The van der Waals surface area contributed by atoms with E-state index in [-0.39, 0.29) is 23.6 Å². The molecule has 2 aliphatic heterocycles. The second-order valence-corrected chi connectivity index (χ2v) is 9.66. The van der Waals surface area contributed by atoms with Crippen molar-refractivity contribution in [2.75, 3.05) is 32.8 Å². The molecule has 32 heavy (non-hydrogen) atoms. The zero-order valence-corrected chi connectivity index (χ0v) is 18.8. The van der Waals surface area contributed by atoms with Crippen LogP contribution in [0.4, 0.5) is 13.2 Å². The fourth-order valence-electron chi connectivity index (χ4n) is 5.49. The van der Waals surface area contributed by atoms with Crippen molar-refractivity contribution in [1.29, 1.82) is 0 Å². The lowest BCUT2D eigenvalue weighted by Gasteiger charge is -2.43. The number of carbonyl (C=O) groups is 1. The Hall–Kier alpha value is -1.71. The van der Waals surface area contributed by atoms with Crippen molar-refractivity contribution in [3.63, 3.8) is 0 Å². The van der Waals surface area contributed by atoms with Crippen LogP contribution < -0.4 is 10.6 Å². The zero-order chi connectivity index (χ0) is 22.9. The van der Waals surface area contributed by atoms with Crippen LogP contribution in [0.2, 0.25) is 0 Å². The van der Waals surface area contributed by atoms with Crippen molar-refractivity contribution in [1.82, 2.24) is 20.5 Å². The van der Waals surface area contributed by atoms with Crippen molar-refractivity contribution in [2.24, 2.45) is 11.3 Å². The lowest BCUT2D eigenvalue weighted by Crippen LogP contribution is -2.55. The lowest BCUT2D eigenvalue weighted by molar-refractivity contribution is -0.148. The van der Waals surface area contributed by atoms with Gasteiger partial charge in [-0.3, -0.25) is 9.78 Å². The van der Waals surface area contributed by atoms with E-state index in [0.29, 0.717) is 32.3 Å². The zero-order valence-electron chi connectivity index (χ0n) is 18.8. The first-order valence-corrected chi connectivity index (χ1v) is 11.6. The Labute approximate surface area is 187 Å². The molecule has 4 atom stereocenters. The van der Waals surface area contributed by atoms with E-state index in [0.717, 1.165) is 44.4 Å². The van der Waals surface area contributed by atoms with E-state index in [1.54, 1.807) is 4.90 Å². The molecule has 2 N–H and O–H groups in total. The van der Waals surface area contributed by atoms with Gasteiger partial charge in [0, 0.05) is 44.5 Å². The Balaban J connectivity index is 1.56. The van der Waals surface area contributed by atoms with E-state index >= 15 is 0 Å². The number of carbonyl (C=O) groups excluding carboxylic acids is 1. The minimum absolute atomic E-state index is 0.0465. The summed E-state index contributed by atoms with van der Waals surface area (Å²) < 4.78 is 45.3. The maximum absolute atomic E-state index is 14.0. The van der Waals surface area contributed by atoms with Gasteiger partial charge in [0.25, 0.3) is 0 Å². The maximum atomic E-state index is 14.0. The second kappa shape index (κ2) is 9.27. The minimum Gasteiger partial charge on any atom is -0.380 e. The summed E-state index contributed by atoms with van der Waals surface area (Å²) in [6.07, 6.45) is 0.169. The quantitative estimate of drug-likeness (QED) is 0.716. The van der Waals surface area contributed by atoms with Crippen LogP contribution in [0.15, 0.2) is 18.3 Å². The van der Waals surface area contributed by atoms with E-state index in [9.17, 15) is 18.0 Å². The highest BCUT2D eigenvalue weighted by Gasteiger charge is 2.51. The van der Waals surface area contributed by atoms with Gasteiger partial charge in [-0.25, -0.2) is 0 Å². The molecule has 1 aliphatic carbocycles. The van der Waals surface area contributed by atoms with Gasteiger partial charge in [0.05, 0.1) is 29.3 Å². The molecule has 3 aliphatic rings. The number of halogens is 3. The molecule has 1 aromatic heterocycles. The number of nitrogens with one attached hydrogen (secondary N) is 2. The molecule has 3 heterocycles. The number of nitrogens with zero attached hydrogens (tertiary/aromatic N) is 2. The van der Waals surface area contributed by atoms with Crippen LogP contribution in [0.5, 0.6) is 0 Å². The average Bonchev–Trinajstić information content (AvgIpc) is 3.44. The average molecular weight is 455 g/mol. The standard InChI is InChI=1S/C23H33F3N4O2/c1-15(2)22(6-3-17(12-22)29-18-5-10-32-14-18)21(31)30-9-8-27-13-20(30)19-11-16(4-7-28-19)23(24,25)26/h4,7,11,15,17-18,20,27,29H,3,5-6,8-10,12-14H2,1-2H3/t17-,18+,20?,22?/m1/s1. The first-order chi connectivity index (χ1) is 15.2. The predicted octanol–water partition coefficient (Wildman–Crippen LogP) is 3.15. The highest BCUT2D eigenvalue weighted by Crippen LogP contribution is 2.47. The molecule has 0 bridgehead atoms. The molecule has 0 aromatic carbocycles. The molecule has 1 amide bonds. The summed E-state index contributed by atoms with van der Waals surface area (Å²) in [6.45, 7) is 7.12. The molecule has 3 fully saturated rings. The van der Waals surface area contributed by atoms with E-state index < -0.39 is 23.2 Å². The molecule has 4 rings (SSSR count). The summed E-state index contributed by atoms with van der Waals surface area (Å²) in [6, 6.07) is 2.13. The first-order valence-electron chi connectivity index (χ1n) is 11.6. The van der Waals surface area contributed by atoms with Gasteiger partial charge in [0.15, 0.2) is 0 Å². The fourth-order valence-corrected chi connectivity index (χ4v) is 5.49. The Kier molecular flexibility index (Phi) is 6.79. The van der Waals surface area contributed by atoms with Gasteiger partial charge in [-0.1, -0.05) is 13.8 Å². The normalized spacial score (nSPS) is 31.4. The predicted molar refractivity (Wildman–Crippen MR) is 114 cm³/mol. The largest absolute Gasteiger partial charge is 0.416 e. The number of pyridine rings is 1. The van der Waals surface area contributed by atoms with Crippen LogP contribution in [0.1, 0.15) is 56.8 Å². The molecule has 1 aromatic rings. The van der Waals surface area contributed by atoms with Gasteiger partial charge in [-0.2, -0.15) is 13.2 Å². The molecule has 9 heteroatoms. The van der Waals surface area contributed by atoms with Crippen molar-refractivity contribution in [3.8, 4) is 0 Å². The molecular weight excluding hydrogens is 421 g/mol. The van der Waals surface area contributed by atoms with Crippen molar-refractivity contribution in [3.05, 3.63) is 29.6 Å². The highest BCUT2D eigenvalue weighted by molar-refractivity contribution is 5.84. The Bertz CT molecular complexity index is 813. The summed E-state index contributed by atoms with van der Waals surface area (Å²) in [5, 5.41) is 6.89. The molecule has 1 saturated carbocycles. The minimum atomic E-state index is -4.44. The number of hydrogen-bond acceptors (Lipinski definition) is 5. The third kappa shape index (κ3) is 4.65. The van der Waals surface area contributed by atoms with Gasteiger partial charge >= 0.3 is 6.18 Å². The van der Waals surface area contributed by atoms with Crippen molar-refractivity contribution in [2.45, 2.75) is 63.8 Å². The van der Waals surface area contributed by atoms with Crippen molar-refractivity contribution >= 4 is 5.91 Å². The molecule has 6 nitrogen and oxygen atoms in total. The summed E-state index contributed by atoms with van der Waals surface area (Å²) in [7, 11) is 0. The highest BCUT2D eigenvalue weighted by atomic mass is 19.4. The summed E-state index contributed by atoms with van der Waals surface area (Å²) in [5.74, 6) is 0.178. The number of alkyl halides is 3. The number of piperazine rings is 1. The number of rotatable bonds is 5. The molecule has 2 saturated heterocycles. The van der Waals surface area contributed by atoms with E-state index in [1.807, 2.05) is 0 Å². The van der Waals surface area contributed by atoms with Gasteiger partial charge in [-0.15, -0.1) is 0 Å². The Morgan fingerprint density at radius 3 is 2.84 bits per heavy atom. The van der Waals surface area contributed by atoms with Gasteiger partial charge in [-0.05, 0) is 43.7 Å². The van der Waals surface area contributed by atoms with Gasteiger partial charge in [0.1, 0.15) is 0 Å². The second-order valence-electron chi connectivity index (χ2n) is 9.66. The summed E-state index contributed by atoms with van der Waals surface area (Å²) >= 11 is 0. The molecule has 2 unspecified atom stereocenters. The monoisotopic (exact) mass is 454 g/mol. The first kappa shape index (κ1) is 23.4. The van der Waals surface area contributed by atoms with E-state index in [2.05, 4.69) is 29.5 Å². The third-order valence-electron chi connectivity index (χ3n) is 7.44.